The normalized spacial score (nSPS) is 11.7. The second-order valence-electron chi connectivity index (χ2n) is 5.24. The van der Waals surface area contributed by atoms with Gasteiger partial charge in [-0.3, -0.25) is 4.99 Å². The maximum atomic E-state index is 5.79. The van der Waals surface area contributed by atoms with Crippen LogP contribution in [0.15, 0.2) is 29.3 Å². The molecule has 0 heterocycles. The van der Waals surface area contributed by atoms with Crippen LogP contribution in [0.5, 0.6) is 5.75 Å². The first-order chi connectivity index (χ1) is 8.40. The van der Waals surface area contributed by atoms with Crippen LogP contribution in [0.3, 0.4) is 0 Å². The third-order valence-electron chi connectivity index (χ3n) is 2.32. The molecule has 1 aromatic carbocycles. The number of ether oxygens (including phenoxy) is 1. The topological polar surface area (TPSA) is 59.6 Å². The van der Waals surface area contributed by atoms with Gasteiger partial charge < -0.3 is 15.8 Å². The van der Waals surface area contributed by atoms with Gasteiger partial charge in [0.2, 0.25) is 0 Å². The van der Waals surface area contributed by atoms with Crippen molar-refractivity contribution < 1.29 is 4.74 Å². The molecule has 0 fully saturated rings. The van der Waals surface area contributed by atoms with Crippen molar-refractivity contribution in [1.29, 1.82) is 0 Å². The zero-order valence-corrected chi connectivity index (χ0v) is 14.4. The van der Waals surface area contributed by atoms with E-state index in [2.05, 4.69) is 37.1 Å². The Labute approximate surface area is 132 Å². The molecule has 19 heavy (non-hydrogen) atoms. The smallest absolute Gasteiger partial charge is 0.188 e. The van der Waals surface area contributed by atoms with Crippen LogP contribution >= 0.6 is 24.0 Å². The minimum atomic E-state index is -0.0520. The number of nitrogens with zero attached hydrogens (tertiary/aromatic N) is 1. The van der Waals surface area contributed by atoms with E-state index in [1.54, 1.807) is 7.11 Å². The summed E-state index contributed by atoms with van der Waals surface area (Å²) in [5.74, 6) is 1.36. The van der Waals surface area contributed by atoms with Crippen molar-refractivity contribution in [3.8, 4) is 5.75 Å². The van der Waals surface area contributed by atoms with Crippen LogP contribution < -0.4 is 15.8 Å². The van der Waals surface area contributed by atoms with Gasteiger partial charge in [-0.2, -0.15) is 0 Å². The number of methoxy groups -OCH3 is 1. The summed E-state index contributed by atoms with van der Waals surface area (Å²) in [6, 6.07) is 7.99. The molecule has 108 valence electrons. The lowest BCUT2D eigenvalue weighted by molar-refractivity contribution is 0.414. The van der Waals surface area contributed by atoms with E-state index in [0.717, 1.165) is 12.2 Å². The predicted molar refractivity (Wildman–Crippen MR) is 91.5 cm³/mol. The van der Waals surface area contributed by atoms with E-state index in [4.69, 9.17) is 10.5 Å². The van der Waals surface area contributed by atoms with Crippen molar-refractivity contribution in [2.75, 3.05) is 13.7 Å². The molecule has 4 nitrogen and oxygen atoms in total. The first kappa shape index (κ1) is 18.0. The summed E-state index contributed by atoms with van der Waals surface area (Å²) in [6.45, 7) is 6.83. The van der Waals surface area contributed by atoms with Crippen molar-refractivity contribution in [2.24, 2.45) is 10.7 Å². The fourth-order valence-electron chi connectivity index (χ4n) is 1.56. The summed E-state index contributed by atoms with van der Waals surface area (Å²) in [5.41, 5.74) is 6.94. The summed E-state index contributed by atoms with van der Waals surface area (Å²) < 4.78 is 5.18. The Morgan fingerprint density at radius 1 is 1.37 bits per heavy atom. The van der Waals surface area contributed by atoms with Gasteiger partial charge in [0.25, 0.3) is 0 Å². The number of rotatable bonds is 4. The number of hydrogen-bond acceptors (Lipinski definition) is 2. The van der Waals surface area contributed by atoms with Gasteiger partial charge in [-0.15, -0.1) is 24.0 Å². The predicted octanol–water partition coefficient (Wildman–Crippen LogP) is 2.56. The summed E-state index contributed by atoms with van der Waals surface area (Å²) in [6.07, 6.45) is 0.851. The van der Waals surface area contributed by atoms with Crippen molar-refractivity contribution in [3.05, 3.63) is 29.8 Å². The number of hydrogen-bond donors (Lipinski definition) is 2. The Morgan fingerprint density at radius 3 is 2.63 bits per heavy atom. The molecular formula is C14H24IN3O. The van der Waals surface area contributed by atoms with Gasteiger partial charge in [-0.05, 0) is 44.9 Å². The largest absolute Gasteiger partial charge is 0.497 e. The Morgan fingerprint density at radius 2 is 2.05 bits per heavy atom. The molecule has 3 N–H and O–H groups in total. The quantitative estimate of drug-likeness (QED) is 0.482. The van der Waals surface area contributed by atoms with Gasteiger partial charge in [0.05, 0.1) is 7.11 Å². The van der Waals surface area contributed by atoms with E-state index in [0.29, 0.717) is 12.5 Å². The molecule has 0 saturated heterocycles. The zero-order chi connectivity index (χ0) is 13.6. The molecule has 1 aromatic rings. The maximum Gasteiger partial charge on any atom is 0.188 e. The Hall–Kier alpha value is -0.980. The summed E-state index contributed by atoms with van der Waals surface area (Å²) in [7, 11) is 1.67. The van der Waals surface area contributed by atoms with Gasteiger partial charge >= 0.3 is 0 Å². The highest BCUT2D eigenvalue weighted by Crippen LogP contribution is 2.12. The molecule has 0 spiro atoms. The minimum absolute atomic E-state index is 0. The number of guanidine groups is 1. The lowest BCUT2D eigenvalue weighted by Crippen LogP contribution is -2.45. The Balaban J connectivity index is 0.00000324. The lowest BCUT2D eigenvalue weighted by atomic mass is 10.1. The molecule has 0 bridgehead atoms. The molecule has 0 atom stereocenters. The second kappa shape index (κ2) is 8.24. The van der Waals surface area contributed by atoms with Crippen LogP contribution in [0, 0.1) is 0 Å². The molecule has 0 amide bonds. The van der Waals surface area contributed by atoms with Crippen LogP contribution in [0.25, 0.3) is 0 Å². The van der Waals surface area contributed by atoms with Crippen LogP contribution in [0.2, 0.25) is 0 Å². The van der Waals surface area contributed by atoms with Crippen molar-refractivity contribution in [1.82, 2.24) is 5.32 Å². The lowest BCUT2D eigenvalue weighted by Gasteiger charge is -2.20. The zero-order valence-electron chi connectivity index (χ0n) is 12.1. The number of aliphatic imine (C=N–C) groups is 1. The molecule has 0 aliphatic carbocycles. The van der Waals surface area contributed by atoms with Gasteiger partial charge in [0.15, 0.2) is 5.96 Å². The minimum Gasteiger partial charge on any atom is -0.497 e. The highest BCUT2D eigenvalue weighted by Gasteiger charge is 2.09. The second-order valence-corrected chi connectivity index (χ2v) is 5.24. The van der Waals surface area contributed by atoms with Crippen LogP contribution in [0.4, 0.5) is 0 Å². The van der Waals surface area contributed by atoms with E-state index < -0.39 is 0 Å². The third-order valence-corrected chi connectivity index (χ3v) is 2.32. The number of nitrogens with two attached hydrogens (primary N) is 1. The van der Waals surface area contributed by atoms with Crippen molar-refractivity contribution in [2.45, 2.75) is 32.7 Å². The van der Waals surface area contributed by atoms with E-state index in [9.17, 15) is 0 Å². The monoisotopic (exact) mass is 377 g/mol. The van der Waals surface area contributed by atoms with E-state index in [1.165, 1.54) is 5.56 Å². The van der Waals surface area contributed by atoms with Crippen LogP contribution in [-0.4, -0.2) is 25.2 Å². The molecule has 0 radical (unpaired) electrons. The van der Waals surface area contributed by atoms with Gasteiger partial charge in [-0.25, -0.2) is 0 Å². The first-order valence-electron chi connectivity index (χ1n) is 6.12. The summed E-state index contributed by atoms with van der Waals surface area (Å²) >= 11 is 0. The Bertz CT molecular complexity index is 413. The number of halogens is 1. The van der Waals surface area contributed by atoms with Crippen molar-refractivity contribution in [3.63, 3.8) is 0 Å². The summed E-state index contributed by atoms with van der Waals surface area (Å²) in [5, 5.41) is 3.13. The van der Waals surface area contributed by atoms with Gasteiger partial charge in [0.1, 0.15) is 5.75 Å². The highest BCUT2D eigenvalue weighted by atomic mass is 127. The molecule has 0 aromatic heterocycles. The highest BCUT2D eigenvalue weighted by molar-refractivity contribution is 14.0. The standard InChI is InChI=1S/C14H23N3O.HI/c1-14(2,3)17-13(15)16-9-8-11-6-5-7-12(10-11)18-4;/h5-7,10H,8-9H2,1-4H3,(H3,15,16,17);1H. The molecule has 0 saturated carbocycles. The van der Waals surface area contributed by atoms with E-state index >= 15 is 0 Å². The molecular weight excluding hydrogens is 353 g/mol. The van der Waals surface area contributed by atoms with E-state index in [-0.39, 0.29) is 29.5 Å². The van der Waals surface area contributed by atoms with Gasteiger partial charge in [0, 0.05) is 12.1 Å². The maximum absolute atomic E-state index is 5.79. The van der Waals surface area contributed by atoms with E-state index in [1.807, 2.05) is 18.2 Å². The third kappa shape index (κ3) is 7.92. The van der Waals surface area contributed by atoms with Gasteiger partial charge in [-0.1, -0.05) is 12.1 Å². The molecule has 0 unspecified atom stereocenters. The Kier molecular flexibility index (Phi) is 7.82. The molecule has 5 heteroatoms. The molecule has 1 rings (SSSR count). The summed E-state index contributed by atoms with van der Waals surface area (Å²) in [4.78, 5) is 4.30. The molecule has 0 aliphatic heterocycles. The fraction of sp³-hybridized carbons (Fsp3) is 0.500. The first-order valence-corrected chi connectivity index (χ1v) is 6.12. The average Bonchev–Trinajstić information content (AvgIpc) is 2.27. The average molecular weight is 377 g/mol. The molecule has 0 aliphatic rings. The fourth-order valence-corrected chi connectivity index (χ4v) is 1.56. The number of benzene rings is 1. The SMILES string of the molecule is COc1cccc(CCN=C(N)NC(C)(C)C)c1.I. The van der Waals surface area contributed by atoms with Crippen molar-refractivity contribution >= 4 is 29.9 Å². The van der Waals surface area contributed by atoms with Crippen LogP contribution in [0.1, 0.15) is 26.3 Å². The number of nitrogens with one attached hydrogen (secondary N) is 1. The van der Waals surface area contributed by atoms with Crippen LogP contribution in [-0.2, 0) is 6.42 Å².